The van der Waals surface area contributed by atoms with Crippen molar-refractivity contribution >= 4 is 12.4 Å². The maximum Gasteiger partial charge on any atom is 0.410 e. The summed E-state index contributed by atoms with van der Waals surface area (Å²) < 4.78 is 5.40. The van der Waals surface area contributed by atoms with Gasteiger partial charge in [-0.05, 0) is 45.1 Å². The Bertz CT molecular complexity index is 502. The number of benzene rings is 1. The van der Waals surface area contributed by atoms with Crippen LogP contribution in [0.15, 0.2) is 24.3 Å². The summed E-state index contributed by atoms with van der Waals surface area (Å²) >= 11 is 0. The predicted octanol–water partition coefficient (Wildman–Crippen LogP) is 3.30. The molecular formula is C17H23NO3. The fourth-order valence-electron chi connectivity index (χ4n) is 2.56. The summed E-state index contributed by atoms with van der Waals surface area (Å²) in [7, 11) is 0. The van der Waals surface area contributed by atoms with Crippen molar-refractivity contribution in [1.82, 2.24) is 4.90 Å². The number of hydrogen-bond donors (Lipinski definition) is 0. The molecule has 1 unspecified atom stereocenters. The predicted molar refractivity (Wildman–Crippen MR) is 81.4 cm³/mol. The number of likely N-dealkylation sites (tertiary alicyclic amines) is 1. The van der Waals surface area contributed by atoms with Crippen LogP contribution >= 0.6 is 0 Å². The van der Waals surface area contributed by atoms with Gasteiger partial charge in [-0.15, -0.1) is 0 Å². The SMILES string of the molecule is CC(C)(C)OC(=O)N1CCC(Cc2ccc(C=O)cc2)C1. The van der Waals surface area contributed by atoms with E-state index in [1.807, 2.05) is 45.0 Å². The summed E-state index contributed by atoms with van der Waals surface area (Å²) in [6.45, 7) is 7.14. The van der Waals surface area contributed by atoms with Gasteiger partial charge in [0.25, 0.3) is 0 Å². The first-order valence-electron chi connectivity index (χ1n) is 7.39. The Morgan fingerprint density at radius 2 is 2.00 bits per heavy atom. The largest absolute Gasteiger partial charge is 0.444 e. The van der Waals surface area contributed by atoms with E-state index in [0.717, 1.165) is 32.2 Å². The van der Waals surface area contributed by atoms with E-state index in [1.54, 1.807) is 4.90 Å². The molecule has 1 aromatic rings. The van der Waals surface area contributed by atoms with Gasteiger partial charge >= 0.3 is 6.09 Å². The zero-order valence-corrected chi connectivity index (χ0v) is 13.0. The zero-order valence-electron chi connectivity index (χ0n) is 13.0. The number of nitrogens with zero attached hydrogens (tertiary/aromatic N) is 1. The zero-order chi connectivity index (χ0) is 15.5. The van der Waals surface area contributed by atoms with Gasteiger partial charge in [-0.25, -0.2) is 4.79 Å². The number of rotatable bonds is 3. The highest BCUT2D eigenvalue weighted by Crippen LogP contribution is 2.23. The van der Waals surface area contributed by atoms with E-state index in [-0.39, 0.29) is 6.09 Å². The van der Waals surface area contributed by atoms with Gasteiger partial charge in [0.05, 0.1) is 0 Å². The third kappa shape index (κ3) is 4.59. The molecule has 1 aliphatic heterocycles. The molecule has 0 radical (unpaired) electrons. The Kier molecular flexibility index (Phi) is 4.66. The first-order valence-corrected chi connectivity index (χ1v) is 7.39. The minimum atomic E-state index is -0.445. The maximum absolute atomic E-state index is 12.0. The van der Waals surface area contributed by atoms with Crippen molar-refractivity contribution in [2.24, 2.45) is 5.92 Å². The summed E-state index contributed by atoms with van der Waals surface area (Å²) in [5, 5.41) is 0. The van der Waals surface area contributed by atoms with Crippen molar-refractivity contribution in [3.63, 3.8) is 0 Å². The second kappa shape index (κ2) is 6.29. The first-order chi connectivity index (χ1) is 9.87. The number of hydrogen-bond acceptors (Lipinski definition) is 3. The number of carbonyl (C=O) groups excluding carboxylic acids is 2. The molecule has 0 aromatic heterocycles. The molecule has 1 aromatic carbocycles. The lowest BCUT2D eigenvalue weighted by Gasteiger charge is -2.24. The molecule has 1 amide bonds. The Hall–Kier alpha value is -1.84. The minimum Gasteiger partial charge on any atom is -0.444 e. The van der Waals surface area contributed by atoms with Crippen molar-refractivity contribution in [1.29, 1.82) is 0 Å². The van der Waals surface area contributed by atoms with Crippen molar-refractivity contribution in [2.45, 2.75) is 39.2 Å². The van der Waals surface area contributed by atoms with Gasteiger partial charge in [-0.2, -0.15) is 0 Å². The van der Waals surface area contributed by atoms with E-state index in [0.29, 0.717) is 11.5 Å². The summed E-state index contributed by atoms with van der Waals surface area (Å²) in [5.41, 5.74) is 1.46. The van der Waals surface area contributed by atoms with Gasteiger partial charge in [0.1, 0.15) is 11.9 Å². The number of carbonyl (C=O) groups is 2. The van der Waals surface area contributed by atoms with E-state index in [9.17, 15) is 9.59 Å². The standard InChI is InChI=1S/C17H23NO3/c1-17(2,3)21-16(20)18-9-8-15(11-18)10-13-4-6-14(12-19)7-5-13/h4-7,12,15H,8-11H2,1-3H3. The lowest BCUT2D eigenvalue weighted by atomic mass is 9.98. The topological polar surface area (TPSA) is 46.6 Å². The van der Waals surface area contributed by atoms with E-state index in [4.69, 9.17) is 4.74 Å². The van der Waals surface area contributed by atoms with E-state index < -0.39 is 5.60 Å². The fraction of sp³-hybridized carbons (Fsp3) is 0.529. The van der Waals surface area contributed by atoms with Crippen LogP contribution in [0.2, 0.25) is 0 Å². The van der Waals surface area contributed by atoms with Crippen molar-refractivity contribution in [3.8, 4) is 0 Å². The van der Waals surface area contributed by atoms with Gasteiger partial charge < -0.3 is 9.64 Å². The third-order valence-electron chi connectivity index (χ3n) is 3.58. The van der Waals surface area contributed by atoms with Crippen LogP contribution in [0.4, 0.5) is 4.79 Å². The molecule has 21 heavy (non-hydrogen) atoms. The van der Waals surface area contributed by atoms with Gasteiger partial charge in [0, 0.05) is 18.7 Å². The van der Waals surface area contributed by atoms with Gasteiger partial charge in [-0.1, -0.05) is 24.3 Å². The Morgan fingerprint density at radius 1 is 1.33 bits per heavy atom. The summed E-state index contributed by atoms with van der Waals surface area (Å²) in [6, 6.07) is 7.64. The lowest BCUT2D eigenvalue weighted by Crippen LogP contribution is -2.35. The highest BCUT2D eigenvalue weighted by atomic mass is 16.6. The number of amides is 1. The molecule has 0 spiro atoms. The fourth-order valence-corrected chi connectivity index (χ4v) is 2.56. The third-order valence-corrected chi connectivity index (χ3v) is 3.58. The van der Waals surface area contributed by atoms with E-state index in [1.165, 1.54) is 5.56 Å². The normalized spacial score (nSPS) is 18.6. The van der Waals surface area contributed by atoms with Gasteiger partial charge in [0.2, 0.25) is 0 Å². The van der Waals surface area contributed by atoms with Crippen LogP contribution in [0.3, 0.4) is 0 Å². The number of aldehydes is 1. The average Bonchev–Trinajstić information content (AvgIpc) is 2.86. The number of ether oxygens (including phenoxy) is 1. The first kappa shape index (κ1) is 15.5. The van der Waals surface area contributed by atoms with Crippen LogP contribution < -0.4 is 0 Å². The molecule has 2 rings (SSSR count). The molecule has 0 aliphatic carbocycles. The Labute approximate surface area is 126 Å². The van der Waals surface area contributed by atoms with Crippen LogP contribution in [0.5, 0.6) is 0 Å². The molecule has 1 saturated heterocycles. The van der Waals surface area contributed by atoms with Gasteiger partial charge in [0.15, 0.2) is 0 Å². The van der Waals surface area contributed by atoms with E-state index >= 15 is 0 Å². The second-order valence-electron chi connectivity index (χ2n) is 6.64. The maximum atomic E-state index is 12.0. The molecule has 114 valence electrons. The van der Waals surface area contributed by atoms with Crippen LogP contribution in [-0.4, -0.2) is 36.0 Å². The minimum absolute atomic E-state index is 0.221. The molecule has 1 fully saturated rings. The second-order valence-corrected chi connectivity index (χ2v) is 6.64. The molecule has 1 heterocycles. The van der Waals surface area contributed by atoms with Crippen LogP contribution in [0.1, 0.15) is 43.1 Å². The summed E-state index contributed by atoms with van der Waals surface area (Å²) in [4.78, 5) is 24.4. The molecule has 1 aliphatic rings. The molecule has 0 N–H and O–H groups in total. The highest BCUT2D eigenvalue weighted by molar-refractivity contribution is 5.74. The molecule has 1 atom stereocenters. The lowest BCUT2D eigenvalue weighted by molar-refractivity contribution is 0.0288. The average molecular weight is 289 g/mol. The van der Waals surface area contributed by atoms with Gasteiger partial charge in [-0.3, -0.25) is 4.79 Å². The molecular weight excluding hydrogens is 266 g/mol. The van der Waals surface area contributed by atoms with Crippen molar-refractivity contribution < 1.29 is 14.3 Å². The molecule has 4 nitrogen and oxygen atoms in total. The Balaban J connectivity index is 1.87. The summed E-state index contributed by atoms with van der Waals surface area (Å²) in [6.07, 6.45) is 2.55. The van der Waals surface area contributed by atoms with Crippen LogP contribution in [0.25, 0.3) is 0 Å². The quantitative estimate of drug-likeness (QED) is 0.802. The molecule has 4 heteroatoms. The molecule has 0 bridgehead atoms. The summed E-state index contributed by atoms with van der Waals surface area (Å²) in [5.74, 6) is 0.458. The van der Waals surface area contributed by atoms with Crippen LogP contribution in [-0.2, 0) is 11.2 Å². The van der Waals surface area contributed by atoms with Crippen molar-refractivity contribution in [3.05, 3.63) is 35.4 Å². The van der Waals surface area contributed by atoms with E-state index in [2.05, 4.69) is 0 Å². The Morgan fingerprint density at radius 3 is 2.57 bits per heavy atom. The van der Waals surface area contributed by atoms with Crippen LogP contribution in [0, 0.1) is 5.92 Å². The highest BCUT2D eigenvalue weighted by Gasteiger charge is 2.29. The molecule has 0 saturated carbocycles. The van der Waals surface area contributed by atoms with Crippen molar-refractivity contribution in [2.75, 3.05) is 13.1 Å². The monoisotopic (exact) mass is 289 g/mol. The smallest absolute Gasteiger partial charge is 0.410 e.